The zero-order valence-corrected chi connectivity index (χ0v) is 13.6. The molecule has 0 spiro atoms. The van der Waals surface area contributed by atoms with Gasteiger partial charge in [0.2, 0.25) is 0 Å². The molecule has 0 aliphatic carbocycles. The molecule has 2 nitrogen and oxygen atoms in total. The zero-order valence-electron chi connectivity index (χ0n) is 13.6. The summed E-state index contributed by atoms with van der Waals surface area (Å²) in [5.74, 6) is -0.801. The standard InChI is InChI=1S/C22H17FO2/c23-21-8-4-5-17(15-21)11-14-22(24)25-16-18-9-12-20(13-10-18)19-6-2-1-3-7-19/h1-15H,16H2/b14-11+. The highest BCUT2D eigenvalue weighted by atomic mass is 19.1. The summed E-state index contributed by atoms with van der Waals surface area (Å²) in [5, 5.41) is 0. The van der Waals surface area contributed by atoms with E-state index in [9.17, 15) is 9.18 Å². The van der Waals surface area contributed by atoms with Crippen molar-refractivity contribution in [2.24, 2.45) is 0 Å². The molecule has 0 bridgehead atoms. The van der Waals surface area contributed by atoms with Gasteiger partial charge in [-0.25, -0.2) is 9.18 Å². The third kappa shape index (κ3) is 4.88. The first-order valence-corrected chi connectivity index (χ1v) is 7.95. The normalized spacial score (nSPS) is 10.8. The summed E-state index contributed by atoms with van der Waals surface area (Å²) in [6, 6.07) is 24.0. The lowest BCUT2D eigenvalue weighted by Gasteiger charge is -2.05. The Labute approximate surface area is 146 Å². The topological polar surface area (TPSA) is 26.3 Å². The fraction of sp³-hybridized carbons (Fsp3) is 0.0455. The van der Waals surface area contributed by atoms with Gasteiger partial charge >= 0.3 is 5.97 Å². The Morgan fingerprint density at radius 1 is 0.880 bits per heavy atom. The van der Waals surface area contributed by atoms with Crippen LogP contribution >= 0.6 is 0 Å². The van der Waals surface area contributed by atoms with E-state index in [1.807, 2.05) is 54.6 Å². The van der Waals surface area contributed by atoms with Gasteiger partial charge in [0, 0.05) is 6.08 Å². The minimum Gasteiger partial charge on any atom is -0.458 e. The molecular formula is C22H17FO2. The third-order valence-corrected chi connectivity index (χ3v) is 3.70. The SMILES string of the molecule is O=C(/C=C/c1cccc(F)c1)OCc1ccc(-c2ccccc2)cc1. The van der Waals surface area contributed by atoms with Crippen LogP contribution in [0.15, 0.2) is 84.9 Å². The van der Waals surface area contributed by atoms with E-state index < -0.39 is 5.97 Å². The molecule has 0 aliphatic rings. The average Bonchev–Trinajstić information content (AvgIpc) is 2.66. The number of hydrogen-bond donors (Lipinski definition) is 0. The van der Waals surface area contributed by atoms with E-state index >= 15 is 0 Å². The van der Waals surface area contributed by atoms with Crippen LogP contribution in [-0.2, 0) is 16.1 Å². The number of ether oxygens (including phenoxy) is 1. The lowest BCUT2D eigenvalue weighted by atomic mass is 10.0. The maximum Gasteiger partial charge on any atom is 0.331 e. The Kier molecular flexibility index (Phi) is 5.37. The summed E-state index contributed by atoms with van der Waals surface area (Å²) in [5.41, 5.74) is 3.78. The van der Waals surface area contributed by atoms with E-state index in [4.69, 9.17) is 4.74 Å². The predicted octanol–water partition coefficient (Wildman–Crippen LogP) is 5.25. The molecule has 0 N–H and O–H groups in total. The van der Waals surface area contributed by atoms with Gasteiger partial charge in [-0.2, -0.15) is 0 Å². The van der Waals surface area contributed by atoms with Crippen molar-refractivity contribution in [2.45, 2.75) is 6.61 Å². The number of esters is 1. The van der Waals surface area contributed by atoms with Crippen LogP contribution in [0.5, 0.6) is 0 Å². The van der Waals surface area contributed by atoms with Crippen LogP contribution in [0.4, 0.5) is 4.39 Å². The Morgan fingerprint density at radius 3 is 2.32 bits per heavy atom. The first-order chi connectivity index (χ1) is 12.2. The van der Waals surface area contributed by atoms with Crippen LogP contribution in [-0.4, -0.2) is 5.97 Å². The number of benzene rings is 3. The monoisotopic (exact) mass is 332 g/mol. The second-order valence-electron chi connectivity index (χ2n) is 5.56. The van der Waals surface area contributed by atoms with E-state index in [1.165, 1.54) is 24.3 Å². The lowest BCUT2D eigenvalue weighted by molar-refractivity contribution is -0.138. The molecule has 0 heterocycles. The quantitative estimate of drug-likeness (QED) is 0.471. The summed E-state index contributed by atoms with van der Waals surface area (Å²) >= 11 is 0. The number of hydrogen-bond acceptors (Lipinski definition) is 2. The third-order valence-electron chi connectivity index (χ3n) is 3.70. The van der Waals surface area contributed by atoms with E-state index in [-0.39, 0.29) is 12.4 Å². The van der Waals surface area contributed by atoms with E-state index in [0.29, 0.717) is 5.56 Å². The molecule has 124 valence electrons. The molecule has 0 saturated carbocycles. The van der Waals surface area contributed by atoms with Gasteiger partial charge in [-0.15, -0.1) is 0 Å². The van der Waals surface area contributed by atoms with Crippen molar-refractivity contribution in [3.05, 3.63) is 102 Å². The van der Waals surface area contributed by atoms with Crippen LogP contribution in [0.25, 0.3) is 17.2 Å². The van der Waals surface area contributed by atoms with Crippen LogP contribution in [0.2, 0.25) is 0 Å². The van der Waals surface area contributed by atoms with Gasteiger partial charge in [0.25, 0.3) is 0 Å². The van der Waals surface area contributed by atoms with Crippen molar-refractivity contribution in [1.82, 2.24) is 0 Å². The van der Waals surface area contributed by atoms with Crippen molar-refractivity contribution in [3.63, 3.8) is 0 Å². The molecule has 0 unspecified atom stereocenters. The average molecular weight is 332 g/mol. The van der Waals surface area contributed by atoms with Crippen molar-refractivity contribution in [2.75, 3.05) is 0 Å². The molecule has 0 aliphatic heterocycles. The fourth-order valence-corrected chi connectivity index (χ4v) is 2.40. The predicted molar refractivity (Wildman–Crippen MR) is 97.1 cm³/mol. The minimum atomic E-state index is -0.462. The highest BCUT2D eigenvalue weighted by Gasteiger charge is 2.01. The fourth-order valence-electron chi connectivity index (χ4n) is 2.40. The molecule has 25 heavy (non-hydrogen) atoms. The highest BCUT2D eigenvalue weighted by Crippen LogP contribution is 2.19. The highest BCUT2D eigenvalue weighted by molar-refractivity contribution is 5.87. The molecule has 0 saturated heterocycles. The van der Waals surface area contributed by atoms with Crippen molar-refractivity contribution in [3.8, 4) is 11.1 Å². The Morgan fingerprint density at radius 2 is 1.60 bits per heavy atom. The smallest absolute Gasteiger partial charge is 0.331 e. The maximum atomic E-state index is 13.1. The second-order valence-corrected chi connectivity index (χ2v) is 5.56. The van der Waals surface area contributed by atoms with Gasteiger partial charge in [-0.3, -0.25) is 0 Å². The zero-order chi connectivity index (χ0) is 17.5. The first-order valence-electron chi connectivity index (χ1n) is 7.95. The Bertz CT molecular complexity index is 868. The van der Waals surface area contributed by atoms with Gasteiger partial charge < -0.3 is 4.74 Å². The summed E-state index contributed by atoms with van der Waals surface area (Å²) in [6.07, 6.45) is 2.83. The Balaban J connectivity index is 1.55. The molecule has 0 fully saturated rings. The van der Waals surface area contributed by atoms with Crippen LogP contribution in [0.3, 0.4) is 0 Å². The summed E-state index contributed by atoms with van der Waals surface area (Å²) < 4.78 is 18.3. The van der Waals surface area contributed by atoms with Crippen LogP contribution in [0.1, 0.15) is 11.1 Å². The minimum absolute atomic E-state index is 0.196. The number of halogens is 1. The van der Waals surface area contributed by atoms with Crippen LogP contribution < -0.4 is 0 Å². The molecule has 3 rings (SSSR count). The molecular weight excluding hydrogens is 315 g/mol. The molecule has 3 aromatic rings. The number of carbonyl (C=O) groups excluding carboxylic acids is 1. The summed E-state index contributed by atoms with van der Waals surface area (Å²) in [4.78, 5) is 11.8. The van der Waals surface area contributed by atoms with Gasteiger partial charge in [-0.05, 0) is 40.5 Å². The molecule has 3 heteroatoms. The number of rotatable bonds is 5. The van der Waals surface area contributed by atoms with Gasteiger partial charge in [-0.1, -0.05) is 66.7 Å². The summed E-state index contributed by atoms with van der Waals surface area (Å²) in [7, 11) is 0. The van der Waals surface area contributed by atoms with E-state index in [1.54, 1.807) is 12.1 Å². The number of carbonyl (C=O) groups is 1. The van der Waals surface area contributed by atoms with E-state index in [0.717, 1.165) is 16.7 Å². The van der Waals surface area contributed by atoms with Crippen molar-refractivity contribution < 1.29 is 13.9 Å². The lowest BCUT2D eigenvalue weighted by Crippen LogP contribution is -2.00. The van der Waals surface area contributed by atoms with Gasteiger partial charge in [0.1, 0.15) is 12.4 Å². The van der Waals surface area contributed by atoms with E-state index in [2.05, 4.69) is 0 Å². The van der Waals surface area contributed by atoms with Crippen molar-refractivity contribution in [1.29, 1.82) is 0 Å². The molecule has 0 radical (unpaired) electrons. The van der Waals surface area contributed by atoms with Crippen molar-refractivity contribution >= 4 is 12.0 Å². The molecule has 0 aromatic heterocycles. The molecule has 3 aromatic carbocycles. The summed E-state index contributed by atoms with van der Waals surface area (Å²) in [6.45, 7) is 0.196. The first kappa shape index (κ1) is 16.7. The second kappa shape index (κ2) is 8.06. The van der Waals surface area contributed by atoms with Crippen LogP contribution in [0, 0.1) is 5.82 Å². The van der Waals surface area contributed by atoms with Gasteiger partial charge in [0.15, 0.2) is 0 Å². The van der Waals surface area contributed by atoms with Gasteiger partial charge in [0.05, 0.1) is 0 Å². The maximum absolute atomic E-state index is 13.1. The largest absolute Gasteiger partial charge is 0.458 e. The molecule has 0 amide bonds. The Hall–Kier alpha value is -3.20. The molecule has 0 atom stereocenters.